The molecule has 0 aromatic heterocycles. The number of esters is 1. The van der Waals surface area contributed by atoms with E-state index in [1.54, 1.807) is 26.0 Å². The SMILES string of the molecule is CCOC(=O)C1Cc2cc(CCN(C(=O)OCC)S(=O)(=O)c3ccc(Cl)cc3)ccc2O1. The van der Waals surface area contributed by atoms with Crippen LogP contribution in [0.3, 0.4) is 0 Å². The summed E-state index contributed by atoms with van der Waals surface area (Å²) < 4.78 is 42.4. The number of carbonyl (C=O) groups is 2. The first-order chi connectivity index (χ1) is 15.3. The van der Waals surface area contributed by atoms with Gasteiger partial charge in [0.25, 0.3) is 10.0 Å². The molecule has 172 valence electrons. The first-order valence-corrected chi connectivity index (χ1v) is 12.0. The van der Waals surface area contributed by atoms with Gasteiger partial charge in [-0.15, -0.1) is 0 Å². The van der Waals surface area contributed by atoms with Crippen molar-refractivity contribution in [3.63, 3.8) is 0 Å². The summed E-state index contributed by atoms with van der Waals surface area (Å²) >= 11 is 5.85. The van der Waals surface area contributed by atoms with Crippen LogP contribution in [0.2, 0.25) is 5.02 Å². The molecule has 0 radical (unpaired) electrons. The van der Waals surface area contributed by atoms with E-state index in [0.29, 0.717) is 21.5 Å². The Labute approximate surface area is 192 Å². The summed E-state index contributed by atoms with van der Waals surface area (Å²) in [6, 6.07) is 10.9. The van der Waals surface area contributed by atoms with Gasteiger partial charge in [0.2, 0.25) is 0 Å². The van der Waals surface area contributed by atoms with Crippen molar-refractivity contribution >= 4 is 33.7 Å². The summed E-state index contributed by atoms with van der Waals surface area (Å²) in [4.78, 5) is 24.3. The molecule has 0 saturated heterocycles. The molecule has 2 aromatic rings. The molecular weight excluding hydrogens is 458 g/mol. The monoisotopic (exact) mass is 481 g/mol. The maximum absolute atomic E-state index is 13.1. The van der Waals surface area contributed by atoms with Gasteiger partial charge in [0.1, 0.15) is 5.75 Å². The maximum Gasteiger partial charge on any atom is 0.423 e. The molecule has 0 saturated carbocycles. The van der Waals surface area contributed by atoms with Crippen molar-refractivity contribution in [2.24, 2.45) is 0 Å². The Hall–Kier alpha value is -2.78. The fourth-order valence-electron chi connectivity index (χ4n) is 3.29. The zero-order valence-corrected chi connectivity index (χ0v) is 19.3. The highest BCUT2D eigenvalue weighted by atomic mass is 35.5. The first kappa shape index (κ1) is 23.9. The summed E-state index contributed by atoms with van der Waals surface area (Å²) in [6.45, 7) is 3.52. The number of hydrogen-bond acceptors (Lipinski definition) is 7. The number of sulfonamides is 1. The molecule has 0 spiro atoms. The van der Waals surface area contributed by atoms with E-state index in [1.807, 2.05) is 6.07 Å². The Morgan fingerprint density at radius 1 is 1.09 bits per heavy atom. The lowest BCUT2D eigenvalue weighted by molar-refractivity contribution is -0.150. The second kappa shape index (κ2) is 10.2. The minimum atomic E-state index is -4.13. The number of nitrogens with zero attached hydrogens (tertiary/aromatic N) is 1. The Balaban J connectivity index is 1.76. The van der Waals surface area contributed by atoms with Gasteiger partial charge in [-0.25, -0.2) is 22.3 Å². The van der Waals surface area contributed by atoms with Gasteiger partial charge in [0.05, 0.1) is 18.1 Å². The van der Waals surface area contributed by atoms with Crippen LogP contribution in [0.4, 0.5) is 4.79 Å². The highest BCUT2D eigenvalue weighted by Crippen LogP contribution is 2.30. The average Bonchev–Trinajstić information content (AvgIpc) is 3.18. The van der Waals surface area contributed by atoms with Crippen molar-refractivity contribution < 1.29 is 32.2 Å². The zero-order chi connectivity index (χ0) is 23.3. The molecule has 0 aliphatic carbocycles. The van der Waals surface area contributed by atoms with Gasteiger partial charge in [-0.1, -0.05) is 23.7 Å². The van der Waals surface area contributed by atoms with E-state index >= 15 is 0 Å². The lowest BCUT2D eigenvalue weighted by Gasteiger charge is -2.22. The van der Waals surface area contributed by atoms with Crippen LogP contribution >= 0.6 is 11.6 Å². The third kappa shape index (κ3) is 5.34. The van der Waals surface area contributed by atoms with Gasteiger partial charge in [0.15, 0.2) is 6.10 Å². The van der Waals surface area contributed by atoms with E-state index in [1.165, 1.54) is 24.3 Å². The number of ether oxygens (including phenoxy) is 3. The summed E-state index contributed by atoms with van der Waals surface area (Å²) in [5.41, 5.74) is 1.61. The quantitative estimate of drug-likeness (QED) is 0.531. The fraction of sp³-hybridized carbons (Fsp3) is 0.364. The summed E-state index contributed by atoms with van der Waals surface area (Å²) in [6.07, 6.45) is -1.02. The van der Waals surface area contributed by atoms with Gasteiger partial charge in [-0.05, 0) is 61.7 Å². The van der Waals surface area contributed by atoms with Gasteiger partial charge < -0.3 is 14.2 Å². The van der Waals surface area contributed by atoms with Crippen molar-refractivity contribution in [3.05, 3.63) is 58.6 Å². The van der Waals surface area contributed by atoms with E-state index in [0.717, 1.165) is 11.1 Å². The van der Waals surface area contributed by atoms with Crippen LogP contribution in [0, 0.1) is 0 Å². The molecule has 0 bridgehead atoms. The Morgan fingerprint density at radius 2 is 1.78 bits per heavy atom. The van der Waals surface area contributed by atoms with E-state index in [4.69, 9.17) is 25.8 Å². The van der Waals surface area contributed by atoms with Gasteiger partial charge in [-0.3, -0.25) is 0 Å². The van der Waals surface area contributed by atoms with Crippen molar-refractivity contribution in [1.29, 1.82) is 0 Å². The Kier molecular flexibility index (Phi) is 7.63. The predicted molar refractivity (Wildman–Crippen MR) is 117 cm³/mol. The molecular formula is C22H24ClNO7S. The molecule has 1 aliphatic heterocycles. The Morgan fingerprint density at radius 3 is 2.44 bits per heavy atom. The smallest absolute Gasteiger partial charge is 0.423 e. The van der Waals surface area contributed by atoms with Crippen LogP contribution in [0.1, 0.15) is 25.0 Å². The van der Waals surface area contributed by atoms with E-state index in [-0.39, 0.29) is 31.1 Å². The number of fused-ring (bicyclic) bond motifs is 1. The number of halogens is 1. The van der Waals surface area contributed by atoms with Crippen molar-refractivity contribution in [1.82, 2.24) is 4.31 Å². The number of amides is 1. The predicted octanol–water partition coefficient (Wildman–Crippen LogP) is 3.60. The third-order valence-electron chi connectivity index (χ3n) is 4.83. The van der Waals surface area contributed by atoms with Crippen LogP contribution in [-0.2, 0) is 37.1 Å². The molecule has 1 aliphatic rings. The minimum absolute atomic E-state index is 0.0386. The van der Waals surface area contributed by atoms with Gasteiger partial charge in [-0.2, -0.15) is 0 Å². The summed E-state index contributed by atoms with van der Waals surface area (Å²) in [5.74, 6) is 0.163. The van der Waals surface area contributed by atoms with Gasteiger partial charge >= 0.3 is 12.1 Å². The highest BCUT2D eigenvalue weighted by molar-refractivity contribution is 7.89. The second-order valence-electron chi connectivity index (χ2n) is 6.98. The van der Waals surface area contributed by atoms with Crippen LogP contribution in [0.25, 0.3) is 0 Å². The molecule has 0 fully saturated rings. The molecule has 1 atom stereocenters. The maximum atomic E-state index is 13.1. The molecule has 8 nitrogen and oxygen atoms in total. The normalized spacial score (nSPS) is 14.9. The molecule has 1 unspecified atom stereocenters. The largest absolute Gasteiger partial charge is 0.478 e. The molecule has 0 N–H and O–H groups in total. The second-order valence-corrected chi connectivity index (χ2v) is 9.28. The number of carbonyl (C=O) groups excluding carboxylic acids is 2. The summed E-state index contributed by atoms with van der Waals surface area (Å²) in [7, 11) is -4.13. The molecule has 3 rings (SSSR count). The third-order valence-corrected chi connectivity index (χ3v) is 6.86. The van der Waals surface area contributed by atoms with Crippen molar-refractivity contribution in [3.8, 4) is 5.75 Å². The molecule has 1 amide bonds. The molecule has 1 heterocycles. The zero-order valence-electron chi connectivity index (χ0n) is 17.7. The van der Waals surface area contributed by atoms with E-state index in [2.05, 4.69) is 0 Å². The van der Waals surface area contributed by atoms with Crippen LogP contribution in [0.5, 0.6) is 5.75 Å². The lowest BCUT2D eigenvalue weighted by atomic mass is 10.0. The Bertz CT molecular complexity index is 1090. The number of benzene rings is 2. The molecule has 10 heteroatoms. The highest BCUT2D eigenvalue weighted by Gasteiger charge is 2.32. The number of hydrogen-bond donors (Lipinski definition) is 0. The fourth-order valence-corrected chi connectivity index (χ4v) is 4.73. The minimum Gasteiger partial charge on any atom is -0.478 e. The van der Waals surface area contributed by atoms with Crippen LogP contribution in [-0.4, -0.2) is 50.6 Å². The van der Waals surface area contributed by atoms with Gasteiger partial charge in [0, 0.05) is 18.0 Å². The van der Waals surface area contributed by atoms with Crippen molar-refractivity contribution in [2.75, 3.05) is 19.8 Å². The summed E-state index contributed by atoms with van der Waals surface area (Å²) in [5, 5.41) is 0.383. The molecule has 2 aromatic carbocycles. The van der Waals surface area contributed by atoms with Crippen molar-refractivity contribution in [2.45, 2.75) is 37.7 Å². The first-order valence-electron chi connectivity index (χ1n) is 10.2. The molecule has 32 heavy (non-hydrogen) atoms. The van der Waals surface area contributed by atoms with E-state index in [9.17, 15) is 18.0 Å². The van der Waals surface area contributed by atoms with Crippen LogP contribution in [0.15, 0.2) is 47.4 Å². The average molecular weight is 482 g/mol. The number of rotatable bonds is 8. The standard InChI is InChI=1S/C22H24ClNO7S/c1-3-29-21(25)20-14-16-13-15(5-10-19(16)31-20)11-12-24(22(26)30-4-2)32(27,28)18-8-6-17(23)7-9-18/h5-10,13,20H,3-4,11-12,14H2,1-2H3. The van der Waals surface area contributed by atoms with E-state index < -0.39 is 28.2 Å². The topological polar surface area (TPSA) is 99.2 Å². The van der Waals surface area contributed by atoms with Crippen LogP contribution < -0.4 is 4.74 Å². The lowest BCUT2D eigenvalue weighted by Crippen LogP contribution is -2.38.